The van der Waals surface area contributed by atoms with Gasteiger partial charge in [0.25, 0.3) is 5.56 Å². The Morgan fingerprint density at radius 2 is 1.84 bits per heavy atom. The van der Waals surface area contributed by atoms with Crippen molar-refractivity contribution in [2.45, 2.75) is 13.0 Å². The van der Waals surface area contributed by atoms with E-state index in [2.05, 4.69) is 32.3 Å². The maximum Gasteiger partial charge on any atom is 0.337 e. The van der Waals surface area contributed by atoms with Gasteiger partial charge in [-0.25, -0.2) is 9.59 Å². The first-order valence-electron chi connectivity index (χ1n) is 7.54. The summed E-state index contributed by atoms with van der Waals surface area (Å²) in [5.41, 5.74) is 0.850. The van der Waals surface area contributed by atoms with Gasteiger partial charge >= 0.3 is 11.7 Å². The molecule has 1 N–H and O–H groups in total. The number of aromatic nitrogens is 2. The first kappa shape index (κ1) is 17.4. The molecule has 0 saturated carbocycles. The molecule has 128 valence electrons. The number of H-pyrrole nitrogens is 1. The van der Waals surface area contributed by atoms with Gasteiger partial charge in [0.1, 0.15) is 0 Å². The summed E-state index contributed by atoms with van der Waals surface area (Å²) in [4.78, 5) is 39.5. The molecule has 3 aromatic rings. The molecule has 0 aliphatic rings. The number of fused-ring (bicyclic) bond motifs is 1. The Bertz CT molecular complexity index is 1070. The average Bonchev–Trinajstić information content (AvgIpc) is 2.62. The summed E-state index contributed by atoms with van der Waals surface area (Å²) in [7, 11) is 1.31. The summed E-state index contributed by atoms with van der Waals surface area (Å²) < 4.78 is 6.77. The Morgan fingerprint density at radius 1 is 1.16 bits per heavy atom. The van der Waals surface area contributed by atoms with Gasteiger partial charge in [-0.05, 0) is 65.4 Å². The third-order valence-corrected chi connectivity index (χ3v) is 4.76. The van der Waals surface area contributed by atoms with E-state index in [1.165, 1.54) is 11.7 Å². The smallest absolute Gasteiger partial charge is 0.337 e. The molecular formula is C18H15IN2O4. The highest BCUT2D eigenvalue weighted by atomic mass is 127. The number of halogens is 1. The van der Waals surface area contributed by atoms with Crippen molar-refractivity contribution in [3.63, 3.8) is 0 Å². The molecule has 0 aliphatic carbocycles. The van der Waals surface area contributed by atoms with Gasteiger partial charge in [0.2, 0.25) is 0 Å². The van der Waals surface area contributed by atoms with Crippen LogP contribution in [0, 0.1) is 3.57 Å². The van der Waals surface area contributed by atoms with Crippen molar-refractivity contribution in [1.29, 1.82) is 0 Å². The van der Waals surface area contributed by atoms with Crippen molar-refractivity contribution in [1.82, 2.24) is 9.55 Å². The monoisotopic (exact) mass is 450 g/mol. The molecule has 7 heteroatoms. The highest BCUT2D eigenvalue weighted by Crippen LogP contribution is 2.17. The highest BCUT2D eigenvalue weighted by Gasteiger charge is 2.16. The van der Waals surface area contributed by atoms with Gasteiger partial charge in [-0.1, -0.05) is 12.1 Å². The molecular weight excluding hydrogens is 435 g/mol. The lowest BCUT2D eigenvalue weighted by atomic mass is 10.1. The lowest BCUT2D eigenvalue weighted by Crippen LogP contribution is -2.37. The number of nitrogens with one attached hydrogen (secondary N) is 1. The molecule has 6 nitrogen and oxygen atoms in total. The fourth-order valence-corrected chi connectivity index (χ4v) is 3.21. The first-order valence-corrected chi connectivity index (χ1v) is 8.62. The lowest BCUT2D eigenvalue weighted by Gasteiger charge is -2.15. The van der Waals surface area contributed by atoms with Crippen molar-refractivity contribution in [3.05, 3.63) is 78.0 Å². The van der Waals surface area contributed by atoms with Crippen LogP contribution in [0.5, 0.6) is 0 Å². The molecule has 1 aromatic heterocycles. The fourth-order valence-electron chi connectivity index (χ4n) is 2.72. The minimum Gasteiger partial charge on any atom is -0.465 e. The van der Waals surface area contributed by atoms with Gasteiger partial charge < -0.3 is 9.72 Å². The number of nitrogens with zero attached hydrogens (tertiary/aromatic N) is 1. The van der Waals surface area contributed by atoms with E-state index in [4.69, 9.17) is 0 Å². The van der Waals surface area contributed by atoms with Crippen LogP contribution >= 0.6 is 22.6 Å². The summed E-state index contributed by atoms with van der Waals surface area (Å²) in [5.74, 6) is -0.436. The second-order valence-electron chi connectivity index (χ2n) is 5.58. The lowest BCUT2D eigenvalue weighted by molar-refractivity contribution is 0.0600. The Kier molecular flexibility index (Phi) is 4.76. The molecule has 1 unspecified atom stereocenters. The number of benzene rings is 2. The third kappa shape index (κ3) is 3.23. The summed E-state index contributed by atoms with van der Waals surface area (Å²) in [6.45, 7) is 1.77. The van der Waals surface area contributed by atoms with Crippen molar-refractivity contribution in [2.24, 2.45) is 0 Å². The molecule has 0 bridgehead atoms. The van der Waals surface area contributed by atoms with E-state index in [9.17, 15) is 14.4 Å². The fraction of sp³-hybridized carbons (Fsp3) is 0.167. The SMILES string of the molecule is COC(=O)c1ccc(C(C)n2c(=O)[nH]c3ccc(I)cc3c2=O)cc1. The number of carbonyl (C=O) groups is 1. The molecule has 2 aromatic carbocycles. The Labute approximate surface area is 156 Å². The summed E-state index contributed by atoms with van der Waals surface area (Å²) in [6, 6.07) is 11.5. The second kappa shape index (κ2) is 6.83. The standard InChI is InChI=1S/C18H15IN2O4/c1-10(11-3-5-12(6-4-11)17(23)25-2)21-16(22)14-9-13(19)7-8-15(14)20-18(21)24/h3-10H,1-2H3,(H,20,24). The largest absolute Gasteiger partial charge is 0.465 e. The van der Waals surface area contributed by atoms with E-state index in [-0.39, 0.29) is 5.56 Å². The molecule has 0 saturated heterocycles. The van der Waals surface area contributed by atoms with Crippen LogP contribution in [0.25, 0.3) is 10.9 Å². The van der Waals surface area contributed by atoms with Gasteiger partial charge in [0, 0.05) is 3.57 Å². The van der Waals surface area contributed by atoms with Crippen molar-refractivity contribution >= 4 is 39.5 Å². The number of hydrogen-bond donors (Lipinski definition) is 1. The number of aromatic amines is 1. The molecule has 25 heavy (non-hydrogen) atoms. The third-order valence-electron chi connectivity index (χ3n) is 4.09. The van der Waals surface area contributed by atoms with Crippen LogP contribution in [-0.4, -0.2) is 22.6 Å². The number of rotatable bonds is 3. The topological polar surface area (TPSA) is 81.2 Å². The second-order valence-corrected chi connectivity index (χ2v) is 6.83. The number of methoxy groups -OCH3 is 1. The van der Waals surface area contributed by atoms with Gasteiger partial charge in [0.05, 0.1) is 29.6 Å². The van der Waals surface area contributed by atoms with Gasteiger partial charge in [-0.3, -0.25) is 9.36 Å². The molecule has 0 aliphatic heterocycles. The van der Waals surface area contributed by atoms with Crippen molar-refractivity contribution < 1.29 is 9.53 Å². The van der Waals surface area contributed by atoms with Crippen molar-refractivity contribution in [3.8, 4) is 0 Å². The predicted octanol–water partition coefficient (Wildman–Crippen LogP) is 2.69. The zero-order valence-electron chi connectivity index (χ0n) is 13.6. The zero-order chi connectivity index (χ0) is 18.1. The van der Waals surface area contributed by atoms with Crippen molar-refractivity contribution in [2.75, 3.05) is 7.11 Å². The molecule has 0 fully saturated rings. The van der Waals surface area contributed by atoms with Crippen LogP contribution in [0.1, 0.15) is 28.9 Å². The first-order chi connectivity index (χ1) is 11.9. The summed E-state index contributed by atoms with van der Waals surface area (Å²) in [6.07, 6.45) is 0. The van der Waals surface area contributed by atoms with Crippen LogP contribution in [0.3, 0.4) is 0 Å². The molecule has 0 radical (unpaired) electrons. The molecule has 0 amide bonds. The van der Waals surface area contributed by atoms with Crippen LogP contribution in [0.2, 0.25) is 0 Å². The molecule has 3 rings (SSSR count). The number of carbonyl (C=O) groups excluding carboxylic acids is 1. The normalized spacial score (nSPS) is 12.1. The number of esters is 1. The Balaban J connectivity index is 2.11. The number of hydrogen-bond acceptors (Lipinski definition) is 4. The molecule has 0 spiro atoms. The summed E-state index contributed by atoms with van der Waals surface area (Å²) >= 11 is 2.12. The Morgan fingerprint density at radius 3 is 2.48 bits per heavy atom. The van der Waals surface area contributed by atoms with E-state index < -0.39 is 17.7 Å². The zero-order valence-corrected chi connectivity index (χ0v) is 15.7. The summed E-state index contributed by atoms with van der Waals surface area (Å²) in [5, 5.41) is 0.463. The van der Waals surface area contributed by atoms with Gasteiger partial charge in [-0.2, -0.15) is 0 Å². The number of ether oxygens (including phenoxy) is 1. The van der Waals surface area contributed by atoms with E-state index in [1.54, 1.807) is 43.3 Å². The average molecular weight is 450 g/mol. The minimum absolute atomic E-state index is 0.346. The minimum atomic E-state index is -0.481. The van der Waals surface area contributed by atoms with E-state index in [0.717, 1.165) is 9.13 Å². The van der Waals surface area contributed by atoms with E-state index >= 15 is 0 Å². The molecule has 1 heterocycles. The quantitative estimate of drug-likeness (QED) is 0.492. The highest BCUT2D eigenvalue weighted by molar-refractivity contribution is 14.1. The Hall–Kier alpha value is -2.42. The van der Waals surface area contributed by atoms with Crippen LogP contribution in [0.4, 0.5) is 0 Å². The van der Waals surface area contributed by atoms with Gasteiger partial charge in [0.15, 0.2) is 0 Å². The molecule has 1 atom stereocenters. The van der Waals surface area contributed by atoms with E-state index in [0.29, 0.717) is 16.5 Å². The van der Waals surface area contributed by atoms with Gasteiger partial charge in [-0.15, -0.1) is 0 Å². The maximum absolute atomic E-state index is 12.8. The predicted molar refractivity (Wildman–Crippen MR) is 103 cm³/mol. The van der Waals surface area contributed by atoms with E-state index in [1.807, 2.05) is 6.07 Å². The van der Waals surface area contributed by atoms with Crippen LogP contribution in [0.15, 0.2) is 52.1 Å². The maximum atomic E-state index is 12.8. The van der Waals surface area contributed by atoms with Crippen LogP contribution < -0.4 is 11.2 Å². The van der Waals surface area contributed by atoms with Crippen LogP contribution in [-0.2, 0) is 4.74 Å².